The molecule has 1 N–H and O–H groups in total. The van der Waals surface area contributed by atoms with Crippen molar-refractivity contribution < 1.29 is 28.3 Å². The summed E-state index contributed by atoms with van der Waals surface area (Å²) in [5, 5.41) is 11.0. The first kappa shape index (κ1) is 22.9. The van der Waals surface area contributed by atoms with Crippen molar-refractivity contribution in [1.29, 1.82) is 0 Å². The molecule has 0 aliphatic heterocycles. The molecule has 2 aromatic heterocycles. The Morgan fingerprint density at radius 1 is 1.10 bits per heavy atom. The van der Waals surface area contributed by atoms with Gasteiger partial charge < -0.3 is 19.2 Å². The van der Waals surface area contributed by atoms with Crippen LogP contribution in [0.15, 0.2) is 9.64 Å². The normalized spacial score (nSPS) is 10.6. The van der Waals surface area contributed by atoms with Crippen molar-refractivity contribution >= 4 is 45.9 Å². The summed E-state index contributed by atoms with van der Waals surface area (Å²) in [7, 11) is 0. The molecule has 1 amide bonds. The predicted molar refractivity (Wildman–Crippen MR) is 109 cm³/mol. The molecule has 0 fully saturated rings. The van der Waals surface area contributed by atoms with Gasteiger partial charge in [0.2, 0.25) is 11.8 Å². The number of carbonyl (C=O) groups is 3. The van der Waals surface area contributed by atoms with E-state index in [4.69, 9.17) is 13.9 Å². The van der Waals surface area contributed by atoms with Crippen LogP contribution in [0.1, 0.15) is 58.7 Å². The fraction of sp³-hybridized carbons (Fsp3) is 0.500. The van der Waals surface area contributed by atoms with Gasteiger partial charge in [-0.1, -0.05) is 18.7 Å². The van der Waals surface area contributed by atoms with Crippen LogP contribution in [0.2, 0.25) is 0 Å². The van der Waals surface area contributed by atoms with E-state index in [1.54, 1.807) is 20.8 Å². The zero-order chi connectivity index (χ0) is 21.4. The van der Waals surface area contributed by atoms with Crippen molar-refractivity contribution in [2.24, 2.45) is 0 Å². The van der Waals surface area contributed by atoms with Gasteiger partial charge in [0, 0.05) is 6.42 Å². The highest BCUT2D eigenvalue weighted by atomic mass is 32.2. The largest absolute Gasteiger partial charge is 0.462 e. The molecule has 9 nitrogen and oxygen atoms in total. The second-order valence-electron chi connectivity index (χ2n) is 5.75. The highest BCUT2D eigenvalue weighted by molar-refractivity contribution is 7.99. The van der Waals surface area contributed by atoms with Gasteiger partial charge in [-0.3, -0.25) is 4.79 Å². The molecule has 0 aliphatic carbocycles. The zero-order valence-corrected chi connectivity index (χ0v) is 18.3. The molecule has 0 bridgehead atoms. The quantitative estimate of drug-likeness (QED) is 0.436. The molecule has 0 saturated carbocycles. The highest BCUT2D eigenvalue weighted by Gasteiger charge is 2.27. The fourth-order valence-corrected chi connectivity index (χ4v) is 4.03. The maximum Gasteiger partial charge on any atom is 0.348 e. The molecule has 2 aromatic rings. The summed E-state index contributed by atoms with van der Waals surface area (Å²) in [5.74, 6) is -1.02. The second kappa shape index (κ2) is 11.0. The minimum absolute atomic E-state index is 0.00170. The van der Waals surface area contributed by atoms with Crippen molar-refractivity contribution in [3.63, 3.8) is 0 Å². The number of aromatic nitrogens is 2. The molecular formula is C18H23N3O6S2. The van der Waals surface area contributed by atoms with Crippen LogP contribution in [0.3, 0.4) is 0 Å². The first-order chi connectivity index (χ1) is 13.9. The second-order valence-corrected chi connectivity index (χ2v) is 7.70. The highest BCUT2D eigenvalue weighted by Crippen LogP contribution is 2.34. The summed E-state index contributed by atoms with van der Waals surface area (Å²) in [6.45, 7) is 7.36. The van der Waals surface area contributed by atoms with E-state index >= 15 is 0 Å². The van der Waals surface area contributed by atoms with E-state index in [0.29, 0.717) is 23.1 Å². The Kier molecular flexibility index (Phi) is 8.65. The van der Waals surface area contributed by atoms with Gasteiger partial charge in [0.15, 0.2) is 0 Å². The predicted octanol–water partition coefficient (Wildman–Crippen LogP) is 3.48. The van der Waals surface area contributed by atoms with Gasteiger partial charge in [0.25, 0.3) is 5.22 Å². The van der Waals surface area contributed by atoms with Gasteiger partial charge >= 0.3 is 11.9 Å². The third-order valence-electron chi connectivity index (χ3n) is 3.58. The average Bonchev–Trinajstić information content (AvgIpc) is 3.25. The Hall–Kier alpha value is -2.40. The molecule has 11 heteroatoms. The van der Waals surface area contributed by atoms with Crippen LogP contribution in [0.5, 0.6) is 0 Å². The van der Waals surface area contributed by atoms with E-state index in [2.05, 4.69) is 15.5 Å². The van der Waals surface area contributed by atoms with E-state index in [9.17, 15) is 14.4 Å². The molecule has 0 aliphatic rings. The van der Waals surface area contributed by atoms with Crippen LogP contribution in [-0.2, 0) is 20.7 Å². The van der Waals surface area contributed by atoms with E-state index in [1.807, 2.05) is 6.92 Å². The van der Waals surface area contributed by atoms with Gasteiger partial charge in [-0.05, 0) is 32.8 Å². The first-order valence-corrected chi connectivity index (χ1v) is 10.9. The number of anilines is 1. The molecule has 0 saturated heterocycles. The van der Waals surface area contributed by atoms with Gasteiger partial charge in [0.05, 0.1) is 24.5 Å². The lowest BCUT2D eigenvalue weighted by molar-refractivity contribution is -0.113. The smallest absolute Gasteiger partial charge is 0.348 e. The summed E-state index contributed by atoms with van der Waals surface area (Å²) < 4.78 is 15.5. The Labute approximate surface area is 176 Å². The Bertz CT molecular complexity index is 877. The zero-order valence-electron chi connectivity index (χ0n) is 16.7. The molecule has 0 atom stereocenters. The maximum absolute atomic E-state index is 12.4. The van der Waals surface area contributed by atoms with Crippen LogP contribution >= 0.6 is 23.1 Å². The lowest BCUT2D eigenvalue weighted by Crippen LogP contribution is -2.16. The van der Waals surface area contributed by atoms with Crippen molar-refractivity contribution in [1.82, 2.24) is 10.2 Å². The van der Waals surface area contributed by atoms with Crippen molar-refractivity contribution in [3.8, 4) is 0 Å². The number of carbonyl (C=O) groups excluding carboxylic acids is 3. The maximum atomic E-state index is 12.4. The molecule has 2 heterocycles. The molecule has 0 radical (unpaired) electrons. The van der Waals surface area contributed by atoms with Gasteiger partial charge in [-0.15, -0.1) is 21.5 Å². The SMILES string of the molecule is CCCc1nnc(SCC(=O)Nc2sc(C(=O)OCC)c(C)c2C(=O)OCC)o1. The minimum atomic E-state index is -0.610. The minimum Gasteiger partial charge on any atom is -0.462 e. The van der Waals surface area contributed by atoms with Crippen LogP contribution in [0.4, 0.5) is 5.00 Å². The standard InChI is InChI=1S/C18H23N3O6S2/c1-5-8-12-20-21-18(27-12)28-9-11(22)19-15-13(16(23)25-6-2)10(4)14(29-15)17(24)26-7-3/h5-9H2,1-4H3,(H,19,22). The van der Waals surface area contributed by atoms with Crippen molar-refractivity contribution in [2.75, 3.05) is 24.3 Å². The molecule has 0 spiro atoms. The Morgan fingerprint density at radius 3 is 2.45 bits per heavy atom. The number of nitrogens with one attached hydrogen (secondary N) is 1. The van der Waals surface area contributed by atoms with Gasteiger partial charge in [-0.25, -0.2) is 9.59 Å². The molecule has 0 unspecified atom stereocenters. The summed E-state index contributed by atoms with van der Waals surface area (Å²) in [4.78, 5) is 37.1. The topological polar surface area (TPSA) is 121 Å². The third kappa shape index (κ3) is 6.04. The number of ether oxygens (including phenoxy) is 2. The Morgan fingerprint density at radius 2 is 1.79 bits per heavy atom. The molecule has 0 aromatic carbocycles. The lowest BCUT2D eigenvalue weighted by Gasteiger charge is -2.06. The number of thiophene rings is 1. The number of esters is 2. The number of amides is 1. The molecule has 29 heavy (non-hydrogen) atoms. The fourth-order valence-electron chi connectivity index (χ4n) is 2.34. The number of thioether (sulfide) groups is 1. The van der Waals surface area contributed by atoms with Crippen LogP contribution in [0.25, 0.3) is 0 Å². The number of aryl methyl sites for hydroxylation is 1. The number of hydrogen-bond donors (Lipinski definition) is 1. The summed E-state index contributed by atoms with van der Waals surface area (Å²) >= 11 is 2.07. The average molecular weight is 442 g/mol. The Balaban J connectivity index is 2.14. The molecule has 158 valence electrons. The van der Waals surface area contributed by atoms with Gasteiger partial charge in [0.1, 0.15) is 9.88 Å². The van der Waals surface area contributed by atoms with E-state index in [1.165, 1.54) is 0 Å². The van der Waals surface area contributed by atoms with Crippen LogP contribution in [-0.4, -0.2) is 47.0 Å². The van der Waals surface area contributed by atoms with Crippen molar-refractivity contribution in [2.45, 2.75) is 45.8 Å². The van der Waals surface area contributed by atoms with Gasteiger partial charge in [-0.2, -0.15) is 0 Å². The number of hydrogen-bond acceptors (Lipinski definition) is 10. The number of nitrogens with zero attached hydrogens (tertiary/aromatic N) is 2. The lowest BCUT2D eigenvalue weighted by atomic mass is 10.1. The van der Waals surface area contributed by atoms with Crippen molar-refractivity contribution in [3.05, 3.63) is 21.9 Å². The monoisotopic (exact) mass is 441 g/mol. The van der Waals surface area contributed by atoms with Crippen LogP contribution < -0.4 is 5.32 Å². The van der Waals surface area contributed by atoms with E-state index < -0.39 is 11.9 Å². The summed E-state index contributed by atoms with van der Waals surface area (Å²) in [6.07, 6.45) is 1.55. The van der Waals surface area contributed by atoms with E-state index in [0.717, 1.165) is 29.5 Å². The molecule has 2 rings (SSSR count). The summed E-state index contributed by atoms with van der Waals surface area (Å²) in [6, 6.07) is 0. The van der Waals surface area contributed by atoms with E-state index in [-0.39, 0.29) is 40.3 Å². The summed E-state index contributed by atoms with van der Waals surface area (Å²) in [5.41, 5.74) is 0.567. The first-order valence-electron chi connectivity index (χ1n) is 9.13. The number of rotatable bonds is 10. The third-order valence-corrected chi connectivity index (χ3v) is 5.58. The molecular weight excluding hydrogens is 418 g/mol. The van der Waals surface area contributed by atoms with Crippen LogP contribution in [0, 0.1) is 6.92 Å².